The molecule has 115 heavy (non-hydrogen) atoms. The number of fused-ring (bicyclic) bond motifs is 2. The third kappa shape index (κ3) is 18.2. The molecule has 622 valence electrons. The Kier molecular flexibility index (Phi) is 26.0. The maximum absolute atomic E-state index is 14.4. The Labute approximate surface area is 644 Å². The lowest BCUT2D eigenvalue weighted by molar-refractivity contribution is -0.278. The molecule has 12 rings (SSSR count). The van der Waals surface area contributed by atoms with Crippen LogP contribution in [0.15, 0.2) is 111 Å². The molecule has 0 aliphatic carbocycles. The number of hydrogen-bond acceptors (Lipinski definition) is 41. The van der Waals surface area contributed by atoms with E-state index >= 15 is 0 Å². The molecule has 0 spiro atoms. The maximum atomic E-state index is 14.4. The predicted molar refractivity (Wildman–Crippen MR) is 372 cm³/mol. The standard InChI is InChI=1S/C73H78O42/c74-20-40-50(85)56(91)61(96)70(110-40)106-31-16-34(78)48-38(18-31)108-67(68(55(48)90)115-73-65(100)57(92)51(86)41(21-75)111-73)26-4-8-29(9-5-26)104-69-62(97)58(93)52(87)42(112-69)22-102-46(82)11-12-47(83)103-23-43-53(88)59(94)63(98)71(113-43)105-30-15-33(77)32-19-39(66(107-37(32)17-30)27-13-35(79)49(84)36(80)14-27)109-72-64(99)60(95)54(89)44(114-72)24-101-45(81)10-3-25-1-6-28(76)7-2-25/h1-10,13-19,40-44,50-54,56-65,69-75,85-89,91-100H,11-12,20-24H2,(H5-,76,77,78,79,80,81,84,90)/p+1/t40-,41+,42+,43+,44+,50+,51+,52+,53+,54+,56-,57-,58-,59-,60-,61-,62+,63+,64+,65+,69+,70+,71+,72+,73-/m0/s1. The van der Waals surface area contributed by atoms with Crippen molar-refractivity contribution in [3.8, 4) is 85.9 Å². The number of benzene rings is 5. The fourth-order valence-corrected chi connectivity index (χ4v) is 12.7. The molecule has 5 aliphatic rings. The summed E-state index contributed by atoms with van der Waals surface area (Å²) >= 11 is 0. The van der Waals surface area contributed by atoms with Crippen molar-refractivity contribution in [2.24, 2.45) is 0 Å². The van der Waals surface area contributed by atoms with Crippen LogP contribution < -0.4 is 29.1 Å². The Hall–Kier alpha value is -10.2. The van der Waals surface area contributed by atoms with Crippen LogP contribution >= 0.6 is 0 Å². The molecule has 42 nitrogen and oxygen atoms in total. The normalized spacial score (nSPS) is 31.6. The first-order chi connectivity index (χ1) is 54.7. The minimum atomic E-state index is -2.08. The summed E-state index contributed by atoms with van der Waals surface area (Å²) in [5.74, 6) is -10.7. The summed E-state index contributed by atoms with van der Waals surface area (Å²) in [6.45, 7) is -4.17. The fourth-order valence-electron chi connectivity index (χ4n) is 12.7. The number of ether oxygens (including phenoxy) is 13. The number of phenols is 6. The Balaban J connectivity index is 0.670. The third-order valence-electron chi connectivity index (χ3n) is 19.1. The quantitative estimate of drug-likeness (QED) is 0.00839. The zero-order valence-corrected chi connectivity index (χ0v) is 59.2. The van der Waals surface area contributed by atoms with Crippen molar-refractivity contribution in [2.45, 2.75) is 166 Å². The zero-order valence-electron chi connectivity index (χ0n) is 59.2. The first-order valence-electron chi connectivity index (χ1n) is 35.0. The van der Waals surface area contributed by atoms with Crippen LogP contribution in [-0.4, -0.2) is 322 Å². The molecule has 0 amide bonds. The van der Waals surface area contributed by atoms with Gasteiger partial charge in [0, 0.05) is 48.0 Å². The van der Waals surface area contributed by atoms with E-state index in [1.807, 2.05) is 0 Å². The van der Waals surface area contributed by atoms with Crippen LogP contribution in [0.4, 0.5) is 0 Å². The van der Waals surface area contributed by atoms with E-state index in [4.69, 9.17) is 70.4 Å². The molecule has 0 radical (unpaired) electrons. The summed E-state index contributed by atoms with van der Waals surface area (Å²) in [4.78, 5) is 53.2. The Morgan fingerprint density at radius 3 is 1.33 bits per heavy atom. The molecule has 0 unspecified atom stereocenters. The van der Waals surface area contributed by atoms with Crippen molar-refractivity contribution < 1.29 is 202 Å². The second kappa shape index (κ2) is 35.5. The number of carbonyl (C=O) groups is 3. The van der Waals surface area contributed by atoms with Crippen molar-refractivity contribution in [3.63, 3.8) is 0 Å². The van der Waals surface area contributed by atoms with E-state index < -0.39 is 291 Å². The fraction of sp³-hybridized carbons (Fsp3) is 0.438. The molecule has 5 saturated heterocycles. The molecule has 5 aliphatic heterocycles. The van der Waals surface area contributed by atoms with Crippen LogP contribution in [-0.2, 0) is 52.3 Å². The molecule has 42 heteroatoms. The molecule has 25 atom stereocenters. The number of esters is 3. The van der Waals surface area contributed by atoms with Gasteiger partial charge in [-0.25, -0.2) is 9.21 Å². The average molecular weight is 1630 g/mol. The van der Waals surface area contributed by atoms with Gasteiger partial charge in [-0.2, -0.15) is 0 Å². The van der Waals surface area contributed by atoms with Crippen LogP contribution in [0.5, 0.6) is 63.2 Å². The Morgan fingerprint density at radius 2 is 0.843 bits per heavy atom. The van der Waals surface area contributed by atoms with E-state index in [2.05, 4.69) is 0 Å². The monoisotopic (exact) mass is 1630 g/mol. The summed E-state index contributed by atoms with van der Waals surface area (Å²) in [6.07, 6.45) is -46.0. The molecule has 23 N–H and O–H groups in total. The lowest BCUT2D eigenvalue weighted by Crippen LogP contribution is -2.60. The number of aromatic hydroxyl groups is 6. The molecule has 2 aromatic heterocycles. The largest absolute Gasteiger partial charge is 0.508 e. The van der Waals surface area contributed by atoms with Gasteiger partial charge in [-0.1, -0.05) is 12.1 Å². The van der Waals surface area contributed by atoms with Crippen molar-refractivity contribution >= 4 is 45.9 Å². The number of phenolic OH excluding ortho intramolecular Hbond substituents is 6. The second-order valence-corrected chi connectivity index (χ2v) is 27.0. The minimum Gasteiger partial charge on any atom is -0.508 e. The first kappa shape index (κ1) is 84.2. The van der Waals surface area contributed by atoms with E-state index in [0.29, 0.717) is 5.56 Å². The molecule has 5 fully saturated rings. The Morgan fingerprint density at radius 1 is 0.417 bits per heavy atom. The summed E-state index contributed by atoms with van der Waals surface area (Å²) in [6, 6.07) is 17.3. The number of hydrogen-bond donors (Lipinski definition) is 23. The van der Waals surface area contributed by atoms with Crippen molar-refractivity contribution in [2.75, 3.05) is 33.0 Å². The van der Waals surface area contributed by atoms with Crippen molar-refractivity contribution in [1.29, 1.82) is 0 Å². The van der Waals surface area contributed by atoms with E-state index in [-0.39, 0.29) is 39.3 Å². The molecular weight excluding hydrogens is 1550 g/mol. The van der Waals surface area contributed by atoms with Gasteiger partial charge in [-0.05, 0) is 48.0 Å². The lowest BCUT2D eigenvalue weighted by atomic mass is 9.99. The summed E-state index contributed by atoms with van der Waals surface area (Å²) in [5, 5.41) is 244. The number of aliphatic hydroxyl groups excluding tert-OH is 17. The third-order valence-corrected chi connectivity index (χ3v) is 19.1. The smallest absolute Gasteiger partial charge is 0.402 e. The van der Waals surface area contributed by atoms with Gasteiger partial charge < -0.3 is 183 Å². The van der Waals surface area contributed by atoms with Crippen molar-refractivity contribution in [1.82, 2.24) is 0 Å². The summed E-state index contributed by atoms with van der Waals surface area (Å²) in [5.41, 5.74) is -1.81. The van der Waals surface area contributed by atoms with Gasteiger partial charge >= 0.3 is 29.3 Å². The number of aliphatic hydroxyl groups is 17. The van der Waals surface area contributed by atoms with E-state index in [1.165, 1.54) is 54.6 Å². The van der Waals surface area contributed by atoms with Gasteiger partial charge in [0.15, 0.2) is 23.0 Å². The lowest BCUT2D eigenvalue weighted by Gasteiger charge is -2.40. The highest BCUT2D eigenvalue weighted by Crippen LogP contribution is 2.47. The highest BCUT2D eigenvalue weighted by Gasteiger charge is 2.51. The van der Waals surface area contributed by atoms with E-state index in [1.54, 1.807) is 0 Å². The first-order valence-corrected chi connectivity index (χ1v) is 35.0. The summed E-state index contributed by atoms with van der Waals surface area (Å²) in [7, 11) is 0. The van der Waals surface area contributed by atoms with Gasteiger partial charge in [0.25, 0.3) is 0 Å². The van der Waals surface area contributed by atoms with Gasteiger partial charge in [0.2, 0.25) is 48.4 Å². The molecular formula is C73H79O42+. The number of rotatable bonds is 25. The zero-order chi connectivity index (χ0) is 82.9. The molecule has 7 aromatic rings. The van der Waals surface area contributed by atoms with Gasteiger partial charge in [-0.15, -0.1) is 0 Å². The summed E-state index contributed by atoms with van der Waals surface area (Å²) < 4.78 is 84.9. The second-order valence-electron chi connectivity index (χ2n) is 27.0. The van der Waals surface area contributed by atoms with Gasteiger partial charge in [0.05, 0.1) is 37.7 Å². The highest BCUT2D eigenvalue weighted by molar-refractivity contribution is 5.90. The van der Waals surface area contributed by atoms with Crippen molar-refractivity contribution in [3.05, 3.63) is 113 Å². The van der Waals surface area contributed by atoms with E-state index in [9.17, 15) is 137 Å². The van der Waals surface area contributed by atoms with Gasteiger partial charge in [-0.3, -0.25) is 14.4 Å². The molecule has 0 bridgehead atoms. The topological polar surface area (TPSA) is 678 Å². The van der Waals surface area contributed by atoms with Crippen LogP contribution in [0, 0.1) is 0 Å². The van der Waals surface area contributed by atoms with E-state index in [0.717, 1.165) is 48.5 Å². The number of carbonyl (C=O) groups excluding carboxylic acids is 3. The van der Waals surface area contributed by atoms with Crippen LogP contribution in [0.3, 0.4) is 0 Å². The maximum Gasteiger partial charge on any atom is 0.402 e. The molecule has 0 saturated carbocycles. The highest BCUT2D eigenvalue weighted by atomic mass is 16.7. The predicted octanol–water partition coefficient (Wildman–Crippen LogP) is -4.87. The average Bonchev–Trinajstić information content (AvgIpc) is 0.750. The van der Waals surface area contributed by atoms with Crippen LogP contribution in [0.2, 0.25) is 0 Å². The SMILES string of the molecule is O=C(/C=C/c1ccc(O)cc1)OC[C@H]1O[C@@H](Oc2cc3c(O)cc(O[C@@H]4O[C@H](COC(=O)CCC(=O)OC[C@H]5O[C@@H](Oc6ccc(-c7oc8cc(O[C@@H]9O[C@@H](CO)[C@@H](O)[C@H](O)[C@@H]9O)cc(O)c8c(=O)c7O[C@@H]7O[C@H](CO)[C@@H](O)[C@H](O)[C@H]7O)cc6)[C@H](O)[C@@H](O)[C@@H]5O)[C@@H](O)[C@H](O)[C@H]4O)cc3[o+]c2-c2cc(O)c(O)c(O)c2)[C@H](O)[C@@H](O)[C@@H]1O. The van der Waals surface area contributed by atoms with Crippen LogP contribution in [0.1, 0.15) is 18.4 Å². The van der Waals surface area contributed by atoms with Gasteiger partial charge in [0.1, 0.15) is 193 Å². The molecule has 7 heterocycles. The minimum absolute atomic E-state index is 0.0243. The Bertz CT molecular complexity index is 4670. The van der Waals surface area contributed by atoms with Crippen LogP contribution in [0.25, 0.3) is 50.7 Å². The molecule has 5 aromatic carbocycles.